The Morgan fingerprint density at radius 2 is 1.18 bits per heavy atom. The number of cyclic esters (lactones) is 2. The van der Waals surface area contributed by atoms with Crippen molar-refractivity contribution in [2.45, 2.75) is 156 Å². The molecule has 0 aromatic heterocycles. The van der Waals surface area contributed by atoms with Crippen LogP contribution in [0.15, 0.2) is 0 Å². The third kappa shape index (κ3) is 9.78. The standard InChI is InChI=1S/C19H30O2.C12H20O3.C6H8O3.6CH4/c1-4-19(10-13-5-6-15(19)7-13)21-18(20)17-9-14-8-16(17)12(3)11(14)2;1-7-8(2)10-5-9(7)6-11(10)12(14)15-4-3-13;1-3-4(2)6(8)9-5(3)7;;;;;;/h11-17H,4-10H2,1-3H3;7-11,13H,3-6H2,1-2H3;3-4H,1-2H3;6*1H4. The first-order valence-corrected chi connectivity index (χ1v) is 18.1. The molecule has 8 heteroatoms. The number of carbonyl (C=O) groups excluding carboxylic acids is 4. The highest BCUT2D eigenvalue weighted by molar-refractivity contribution is 5.95. The molecular formula is C43H82O8. The summed E-state index contributed by atoms with van der Waals surface area (Å²) >= 11 is 0. The van der Waals surface area contributed by atoms with E-state index in [0.29, 0.717) is 29.6 Å². The Labute approximate surface area is 314 Å². The Hall–Kier alpha value is -1.96. The van der Waals surface area contributed by atoms with Crippen LogP contribution in [-0.4, -0.2) is 47.8 Å². The number of aliphatic hydroxyl groups is 1. The summed E-state index contributed by atoms with van der Waals surface area (Å²) < 4.78 is 15.6. The fourth-order valence-corrected chi connectivity index (χ4v) is 10.7. The van der Waals surface area contributed by atoms with E-state index in [1.165, 1.54) is 32.1 Å². The molecule has 0 aromatic rings. The van der Waals surface area contributed by atoms with E-state index in [4.69, 9.17) is 14.6 Å². The topological polar surface area (TPSA) is 116 Å². The van der Waals surface area contributed by atoms with Crippen molar-refractivity contribution in [3.8, 4) is 0 Å². The van der Waals surface area contributed by atoms with Crippen LogP contribution in [0.25, 0.3) is 0 Å². The summed E-state index contributed by atoms with van der Waals surface area (Å²) in [5.74, 6) is 6.14. The molecule has 1 saturated heterocycles. The minimum Gasteiger partial charge on any atom is -0.463 e. The van der Waals surface area contributed by atoms with Crippen molar-refractivity contribution in [2.24, 2.45) is 82.9 Å². The first kappa shape index (κ1) is 51.1. The number of hydrogen-bond donors (Lipinski definition) is 1. The van der Waals surface area contributed by atoms with Gasteiger partial charge in [-0.15, -0.1) is 0 Å². The van der Waals surface area contributed by atoms with E-state index in [-0.39, 0.29) is 99.0 Å². The van der Waals surface area contributed by atoms with Gasteiger partial charge < -0.3 is 19.3 Å². The molecule has 15 unspecified atom stereocenters. The molecule has 51 heavy (non-hydrogen) atoms. The third-order valence-corrected chi connectivity index (χ3v) is 14.3. The largest absolute Gasteiger partial charge is 0.463 e. The molecule has 15 atom stereocenters. The second-order valence-electron chi connectivity index (χ2n) is 16.1. The van der Waals surface area contributed by atoms with Gasteiger partial charge >= 0.3 is 23.9 Å². The molecule has 0 aromatic carbocycles. The maximum atomic E-state index is 12.9. The average Bonchev–Trinajstić information content (AvgIpc) is 3.89. The molecule has 7 fully saturated rings. The zero-order chi connectivity index (χ0) is 32.8. The molecular weight excluding hydrogens is 644 g/mol. The maximum absolute atomic E-state index is 12.9. The third-order valence-electron chi connectivity index (χ3n) is 14.3. The van der Waals surface area contributed by atoms with Crippen molar-refractivity contribution in [3.05, 3.63) is 0 Å². The quantitative estimate of drug-likeness (QED) is 0.163. The van der Waals surface area contributed by atoms with Gasteiger partial charge in [0.15, 0.2) is 0 Å². The first-order valence-electron chi connectivity index (χ1n) is 18.1. The van der Waals surface area contributed by atoms with Gasteiger partial charge in [-0.1, -0.05) is 93.0 Å². The molecule has 302 valence electrons. The number of rotatable bonds is 6. The molecule has 8 nitrogen and oxygen atoms in total. The number of aliphatic hydroxyl groups excluding tert-OH is 1. The summed E-state index contributed by atoms with van der Waals surface area (Å²) in [6.07, 6.45) is 10.7. The Morgan fingerprint density at radius 1 is 0.706 bits per heavy atom. The molecule has 6 bridgehead atoms. The number of ether oxygens (including phenoxy) is 3. The SMILES string of the molecule is C.C.C.C.C.C.CC1C(=O)OC(=O)C1C.CC1C2CC(C(=O)OCCO)C(C2)C1C.CCC1(OC(=O)C2CC3CC2C(C)C3C)CC2CCC1C2. The van der Waals surface area contributed by atoms with Crippen molar-refractivity contribution in [3.63, 3.8) is 0 Å². The fraction of sp³-hybridized carbons (Fsp3) is 0.907. The molecule has 1 heterocycles. The molecule has 1 aliphatic heterocycles. The van der Waals surface area contributed by atoms with Crippen LogP contribution in [-0.2, 0) is 33.4 Å². The predicted octanol–water partition coefficient (Wildman–Crippen LogP) is 10.0. The first-order chi connectivity index (χ1) is 21.3. The van der Waals surface area contributed by atoms with Gasteiger partial charge in [-0.05, 0) is 117 Å². The van der Waals surface area contributed by atoms with Crippen LogP contribution in [0, 0.1) is 82.9 Å². The van der Waals surface area contributed by atoms with Gasteiger partial charge in [0.1, 0.15) is 12.2 Å². The molecule has 1 N–H and O–H groups in total. The summed E-state index contributed by atoms with van der Waals surface area (Å²) in [5, 5.41) is 8.61. The van der Waals surface area contributed by atoms with Crippen LogP contribution in [0.1, 0.15) is 151 Å². The second kappa shape index (κ2) is 20.5. The van der Waals surface area contributed by atoms with Crippen molar-refractivity contribution in [1.82, 2.24) is 0 Å². The van der Waals surface area contributed by atoms with Gasteiger partial charge in [0.25, 0.3) is 0 Å². The second-order valence-corrected chi connectivity index (χ2v) is 16.1. The lowest BCUT2D eigenvalue weighted by Crippen LogP contribution is -2.43. The highest BCUT2D eigenvalue weighted by atomic mass is 16.6. The molecule has 6 saturated carbocycles. The van der Waals surface area contributed by atoms with Crippen LogP contribution < -0.4 is 0 Å². The van der Waals surface area contributed by atoms with Crippen LogP contribution in [0.5, 0.6) is 0 Å². The van der Waals surface area contributed by atoms with E-state index >= 15 is 0 Å². The van der Waals surface area contributed by atoms with Gasteiger partial charge in [0, 0.05) is 0 Å². The van der Waals surface area contributed by atoms with E-state index in [1.807, 2.05) is 0 Å². The summed E-state index contributed by atoms with van der Waals surface area (Å²) in [7, 11) is 0. The van der Waals surface area contributed by atoms with E-state index < -0.39 is 11.9 Å². The van der Waals surface area contributed by atoms with E-state index in [0.717, 1.165) is 55.3 Å². The smallest absolute Gasteiger partial charge is 0.317 e. The Balaban J connectivity index is 0. The van der Waals surface area contributed by atoms with Crippen LogP contribution in [0.3, 0.4) is 0 Å². The van der Waals surface area contributed by atoms with Gasteiger partial charge in [0.2, 0.25) is 0 Å². The summed E-state index contributed by atoms with van der Waals surface area (Å²) in [4.78, 5) is 45.7. The Morgan fingerprint density at radius 3 is 1.49 bits per heavy atom. The number of carbonyl (C=O) groups is 4. The minimum absolute atomic E-state index is 0. The summed E-state index contributed by atoms with van der Waals surface area (Å²) in [5.41, 5.74) is -0.0866. The van der Waals surface area contributed by atoms with Crippen molar-refractivity contribution in [2.75, 3.05) is 13.2 Å². The zero-order valence-corrected chi connectivity index (χ0v) is 28.7. The van der Waals surface area contributed by atoms with Gasteiger partial charge in [-0.3, -0.25) is 19.2 Å². The van der Waals surface area contributed by atoms with Crippen molar-refractivity contribution in [1.29, 1.82) is 0 Å². The summed E-state index contributed by atoms with van der Waals surface area (Å²) in [6, 6.07) is 0. The molecule has 6 aliphatic carbocycles. The maximum Gasteiger partial charge on any atom is 0.317 e. The number of fused-ring (bicyclic) bond motifs is 6. The van der Waals surface area contributed by atoms with E-state index in [2.05, 4.69) is 39.4 Å². The molecule has 0 radical (unpaired) electrons. The Kier molecular flexibility index (Phi) is 20.5. The van der Waals surface area contributed by atoms with Gasteiger partial charge in [-0.2, -0.15) is 0 Å². The van der Waals surface area contributed by atoms with Gasteiger partial charge in [-0.25, -0.2) is 0 Å². The number of esters is 4. The lowest BCUT2D eigenvalue weighted by atomic mass is 9.75. The lowest BCUT2D eigenvalue weighted by molar-refractivity contribution is -0.174. The highest BCUT2D eigenvalue weighted by Crippen LogP contribution is 2.58. The van der Waals surface area contributed by atoms with Gasteiger partial charge in [0.05, 0.1) is 30.3 Å². The van der Waals surface area contributed by atoms with E-state index in [9.17, 15) is 19.2 Å². The number of hydrogen-bond acceptors (Lipinski definition) is 8. The van der Waals surface area contributed by atoms with Crippen LogP contribution in [0.2, 0.25) is 0 Å². The predicted molar refractivity (Wildman–Crippen MR) is 208 cm³/mol. The Bertz CT molecular complexity index is 1100. The minimum atomic E-state index is -0.396. The van der Waals surface area contributed by atoms with Crippen LogP contribution in [0.4, 0.5) is 0 Å². The highest BCUT2D eigenvalue weighted by Gasteiger charge is 2.56. The lowest BCUT2D eigenvalue weighted by Gasteiger charge is -2.39. The van der Waals surface area contributed by atoms with E-state index in [1.54, 1.807) is 13.8 Å². The summed E-state index contributed by atoms with van der Waals surface area (Å²) in [6.45, 7) is 15.0. The van der Waals surface area contributed by atoms with Crippen molar-refractivity contribution < 1.29 is 38.5 Å². The molecule has 7 rings (SSSR count). The average molecular weight is 727 g/mol. The van der Waals surface area contributed by atoms with Crippen molar-refractivity contribution >= 4 is 23.9 Å². The molecule has 0 amide bonds. The zero-order valence-electron chi connectivity index (χ0n) is 28.7. The fourth-order valence-electron chi connectivity index (χ4n) is 10.7. The molecule has 0 spiro atoms. The molecule has 7 aliphatic rings. The monoisotopic (exact) mass is 727 g/mol. The normalized spacial score (nSPS) is 41.3. The van der Waals surface area contributed by atoms with Crippen LogP contribution >= 0.6 is 0 Å².